The first-order chi connectivity index (χ1) is 19.0. The van der Waals surface area contributed by atoms with Gasteiger partial charge in [-0.25, -0.2) is 0 Å². The molecule has 2 aromatic carbocycles. The van der Waals surface area contributed by atoms with Gasteiger partial charge < -0.3 is 23.7 Å². The monoisotopic (exact) mass is 540 g/mol. The minimum absolute atomic E-state index is 0.0331. The number of unbranched alkanes of at least 4 members (excludes halogenated alkanes) is 7. The summed E-state index contributed by atoms with van der Waals surface area (Å²) in [5.74, 6) is 1.53. The van der Waals surface area contributed by atoms with Crippen LogP contribution in [0.1, 0.15) is 75.8 Å². The van der Waals surface area contributed by atoms with Crippen molar-refractivity contribution >= 4 is 11.9 Å². The van der Waals surface area contributed by atoms with Crippen LogP contribution in [0.15, 0.2) is 36.4 Å². The summed E-state index contributed by atoms with van der Waals surface area (Å²) in [6.45, 7) is 2.60. The van der Waals surface area contributed by atoms with Gasteiger partial charge in [-0.1, -0.05) is 64.0 Å². The van der Waals surface area contributed by atoms with Crippen molar-refractivity contribution in [3.8, 4) is 23.0 Å². The van der Waals surface area contributed by atoms with Crippen molar-refractivity contribution in [1.29, 1.82) is 0 Å². The molecule has 39 heavy (non-hydrogen) atoms. The van der Waals surface area contributed by atoms with Gasteiger partial charge in [0.2, 0.25) is 0 Å². The standard InChI is InChI=1S/C32H44O7/c1-5-6-7-8-9-10-11-12-13-31(33)39-28-17-15-24(21-30(28)37-4)19-26-25(22-38-32(26)34)18-23-14-16-27(35-2)29(20-23)36-3/h14-17,20-21,25-26H,5-13,18-19,22H2,1-4H3/t25-,26+/m0/s1. The minimum atomic E-state index is -0.279. The molecule has 214 valence electrons. The number of hydrogen-bond acceptors (Lipinski definition) is 7. The molecule has 0 saturated carbocycles. The number of esters is 2. The van der Waals surface area contributed by atoms with Crippen molar-refractivity contribution in [2.24, 2.45) is 11.8 Å². The quantitative estimate of drug-likeness (QED) is 0.125. The Morgan fingerprint density at radius 3 is 1.97 bits per heavy atom. The van der Waals surface area contributed by atoms with Gasteiger partial charge in [-0.2, -0.15) is 0 Å². The molecule has 0 aliphatic carbocycles. The van der Waals surface area contributed by atoms with Gasteiger partial charge in [-0.15, -0.1) is 0 Å². The van der Waals surface area contributed by atoms with Crippen LogP contribution in [0.2, 0.25) is 0 Å². The molecule has 2 aromatic rings. The lowest BCUT2D eigenvalue weighted by atomic mass is 9.85. The van der Waals surface area contributed by atoms with Crippen LogP contribution in [0.25, 0.3) is 0 Å². The molecule has 2 atom stereocenters. The fraction of sp³-hybridized carbons (Fsp3) is 0.562. The Labute approximate surface area is 233 Å². The summed E-state index contributed by atoms with van der Waals surface area (Å²) in [4.78, 5) is 25.0. The molecular weight excluding hydrogens is 496 g/mol. The Kier molecular flexibility index (Phi) is 12.5. The fourth-order valence-corrected chi connectivity index (χ4v) is 5.12. The van der Waals surface area contributed by atoms with E-state index in [-0.39, 0.29) is 23.8 Å². The maximum atomic E-state index is 12.6. The highest BCUT2D eigenvalue weighted by Gasteiger charge is 2.37. The minimum Gasteiger partial charge on any atom is -0.493 e. The SMILES string of the molecule is CCCCCCCCCCC(=O)Oc1ccc(C[C@H]2C(=O)OC[C@@H]2Cc2ccc(OC)c(OC)c2)cc1OC. The smallest absolute Gasteiger partial charge is 0.311 e. The topological polar surface area (TPSA) is 80.3 Å². The molecule has 7 nitrogen and oxygen atoms in total. The second-order valence-electron chi connectivity index (χ2n) is 10.3. The lowest BCUT2D eigenvalue weighted by molar-refractivity contribution is -0.141. The third-order valence-electron chi connectivity index (χ3n) is 7.40. The van der Waals surface area contributed by atoms with Gasteiger partial charge in [0.1, 0.15) is 0 Å². The Hall–Kier alpha value is -3.22. The molecule has 0 amide bonds. The fourth-order valence-electron chi connectivity index (χ4n) is 5.12. The van der Waals surface area contributed by atoms with Crippen molar-refractivity contribution in [2.45, 2.75) is 77.6 Å². The summed E-state index contributed by atoms with van der Waals surface area (Å²) in [7, 11) is 4.77. The predicted molar refractivity (Wildman–Crippen MR) is 151 cm³/mol. The molecule has 1 fully saturated rings. The van der Waals surface area contributed by atoms with E-state index >= 15 is 0 Å². The van der Waals surface area contributed by atoms with E-state index in [9.17, 15) is 9.59 Å². The molecule has 0 N–H and O–H groups in total. The van der Waals surface area contributed by atoms with Crippen molar-refractivity contribution in [3.63, 3.8) is 0 Å². The average molecular weight is 541 g/mol. The molecule has 1 aliphatic heterocycles. The van der Waals surface area contributed by atoms with Crippen molar-refractivity contribution in [3.05, 3.63) is 47.5 Å². The maximum Gasteiger partial charge on any atom is 0.311 e. The summed E-state index contributed by atoms with van der Waals surface area (Å²) >= 11 is 0. The second kappa shape index (κ2) is 16.0. The summed E-state index contributed by atoms with van der Waals surface area (Å²) in [6, 6.07) is 11.3. The molecule has 0 bridgehead atoms. The van der Waals surface area contributed by atoms with Crippen LogP contribution in [0, 0.1) is 11.8 Å². The Bertz CT molecular complexity index is 1060. The molecule has 0 spiro atoms. The van der Waals surface area contributed by atoms with E-state index in [1.165, 1.54) is 32.1 Å². The van der Waals surface area contributed by atoms with Crippen LogP contribution in [-0.4, -0.2) is 39.9 Å². The van der Waals surface area contributed by atoms with Crippen molar-refractivity contribution in [1.82, 2.24) is 0 Å². The summed E-state index contributed by atoms with van der Waals surface area (Å²) in [5, 5.41) is 0. The number of ether oxygens (including phenoxy) is 5. The van der Waals surface area contributed by atoms with Crippen LogP contribution in [0.3, 0.4) is 0 Å². The molecule has 1 aliphatic rings. The average Bonchev–Trinajstić information content (AvgIpc) is 3.28. The Morgan fingerprint density at radius 1 is 0.769 bits per heavy atom. The molecule has 0 radical (unpaired) electrons. The van der Waals surface area contributed by atoms with E-state index in [0.717, 1.165) is 30.4 Å². The molecule has 0 aromatic heterocycles. The van der Waals surface area contributed by atoms with Gasteiger partial charge in [-0.05, 0) is 54.7 Å². The Morgan fingerprint density at radius 2 is 1.33 bits per heavy atom. The van der Waals surface area contributed by atoms with Gasteiger partial charge in [0.15, 0.2) is 23.0 Å². The largest absolute Gasteiger partial charge is 0.493 e. The molecule has 3 rings (SSSR count). The first-order valence-corrected chi connectivity index (χ1v) is 14.2. The molecule has 1 heterocycles. The lowest BCUT2D eigenvalue weighted by Crippen LogP contribution is -2.20. The number of cyclic esters (lactones) is 1. The maximum absolute atomic E-state index is 12.6. The number of methoxy groups -OCH3 is 3. The van der Waals surface area contributed by atoms with Crippen LogP contribution >= 0.6 is 0 Å². The van der Waals surface area contributed by atoms with E-state index in [4.69, 9.17) is 23.7 Å². The van der Waals surface area contributed by atoms with Gasteiger partial charge in [-0.3, -0.25) is 9.59 Å². The van der Waals surface area contributed by atoms with E-state index in [1.54, 1.807) is 27.4 Å². The van der Waals surface area contributed by atoms with Crippen LogP contribution in [-0.2, 0) is 27.2 Å². The van der Waals surface area contributed by atoms with E-state index in [1.807, 2.05) is 30.3 Å². The van der Waals surface area contributed by atoms with Crippen molar-refractivity contribution in [2.75, 3.05) is 27.9 Å². The number of rotatable bonds is 17. The van der Waals surface area contributed by atoms with Crippen molar-refractivity contribution < 1.29 is 33.3 Å². The molecular formula is C32H44O7. The van der Waals surface area contributed by atoms with Crippen LogP contribution < -0.4 is 18.9 Å². The van der Waals surface area contributed by atoms with E-state index in [0.29, 0.717) is 48.9 Å². The normalized spacial score (nSPS) is 16.6. The van der Waals surface area contributed by atoms with Crippen LogP contribution in [0.4, 0.5) is 0 Å². The third kappa shape index (κ3) is 9.19. The zero-order valence-electron chi connectivity index (χ0n) is 24.0. The first kappa shape index (κ1) is 30.3. The Balaban J connectivity index is 1.54. The highest BCUT2D eigenvalue weighted by molar-refractivity contribution is 5.75. The number of carbonyl (C=O) groups is 2. The summed E-state index contributed by atoms with van der Waals surface area (Å²) in [5.41, 5.74) is 1.98. The van der Waals surface area contributed by atoms with E-state index in [2.05, 4.69) is 6.92 Å². The highest BCUT2D eigenvalue weighted by atomic mass is 16.6. The number of hydrogen-bond donors (Lipinski definition) is 0. The number of carbonyl (C=O) groups excluding carboxylic acids is 2. The number of benzene rings is 2. The molecule has 7 heteroatoms. The first-order valence-electron chi connectivity index (χ1n) is 14.2. The predicted octanol–water partition coefficient (Wildman–Crippen LogP) is 6.72. The van der Waals surface area contributed by atoms with Gasteiger partial charge >= 0.3 is 11.9 Å². The highest BCUT2D eigenvalue weighted by Crippen LogP contribution is 2.35. The van der Waals surface area contributed by atoms with Gasteiger partial charge in [0.25, 0.3) is 0 Å². The van der Waals surface area contributed by atoms with E-state index < -0.39 is 0 Å². The van der Waals surface area contributed by atoms with Gasteiger partial charge in [0.05, 0.1) is 33.9 Å². The zero-order valence-corrected chi connectivity index (χ0v) is 24.0. The zero-order chi connectivity index (χ0) is 28.0. The summed E-state index contributed by atoms with van der Waals surface area (Å²) < 4.78 is 27.3. The lowest BCUT2D eigenvalue weighted by Gasteiger charge is -2.17. The molecule has 1 saturated heterocycles. The van der Waals surface area contributed by atoms with Crippen LogP contribution in [0.5, 0.6) is 23.0 Å². The van der Waals surface area contributed by atoms with Gasteiger partial charge in [0, 0.05) is 12.3 Å². The second-order valence-corrected chi connectivity index (χ2v) is 10.3. The third-order valence-corrected chi connectivity index (χ3v) is 7.40. The summed E-state index contributed by atoms with van der Waals surface area (Å²) in [6.07, 6.45) is 11.0. The molecule has 0 unspecified atom stereocenters.